The second-order valence-electron chi connectivity index (χ2n) is 3.54. The van der Waals surface area contributed by atoms with Gasteiger partial charge in [-0.1, -0.05) is 0 Å². The summed E-state index contributed by atoms with van der Waals surface area (Å²) in [5, 5.41) is 7.08. The van der Waals surface area contributed by atoms with Crippen LogP contribution in [0.3, 0.4) is 0 Å². The number of nitrogens with one attached hydrogen (secondary N) is 1. The number of carbonyl (C=O) groups is 1. The molecule has 4 nitrogen and oxygen atoms in total. The number of hydrogen-bond donors (Lipinski definition) is 1. The van der Waals surface area contributed by atoms with Gasteiger partial charge in [-0.15, -0.1) is 0 Å². The first kappa shape index (κ1) is 8.29. The molecule has 0 spiro atoms. The standard InChI is InChI=1S/C9H13N3O/c1-6-3-8(12(2)11-6)7-4-9(13)10-5-7/h3,7H,4-5H2,1-2H3,(H,10,13). The maximum atomic E-state index is 11.0. The molecule has 1 aromatic rings. The van der Waals surface area contributed by atoms with E-state index >= 15 is 0 Å². The number of nitrogens with zero attached hydrogens (tertiary/aromatic N) is 2. The second-order valence-corrected chi connectivity index (χ2v) is 3.54. The predicted molar refractivity (Wildman–Crippen MR) is 48.3 cm³/mol. The summed E-state index contributed by atoms with van der Waals surface area (Å²) in [6.07, 6.45) is 0.596. The molecule has 0 aliphatic carbocycles. The Hall–Kier alpha value is -1.32. The molecule has 2 heterocycles. The summed E-state index contributed by atoms with van der Waals surface area (Å²) in [7, 11) is 1.92. The van der Waals surface area contributed by atoms with Gasteiger partial charge in [0, 0.05) is 31.6 Å². The minimum absolute atomic E-state index is 0.142. The fourth-order valence-corrected chi connectivity index (χ4v) is 1.83. The lowest BCUT2D eigenvalue weighted by Crippen LogP contribution is -2.14. The first-order chi connectivity index (χ1) is 6.16. The molecule has 1 amide bonds. The summed E-state index contributed by atoms with van der Waals surface area (Å²) in [6, 6.07) is 2.05. The molecule has 1 aromatic heterocycles. The Bertz CT molecular complexity index is 343. The van der Waals surface area contributed by atoms with E-state index < -0.39 is 0 Å². The highest BCUT2D eigenvalue weighted by molar-refractivity contribution is 5.79. The third-order valence-electron chi connectivity index (χ3n) is 2.43. The number of aryl methyl sites for hydroxylation is 2. The van der Waals surface area contributed by atoms with E-state index in [0.717, 1.165) is 17.9 Å². The Morgan fingerprint density at radius 1 is 1.69 bits per heavy atom. The molecule has 1 saturated heterocycles. The van der Waals surface area contributed by atoms with Crippen LogP contribution in [0.5, 0.6) is 0 Å². The Morgan fingerprint density at radius 3 is 2.92 bits per heavy atom. The van der Waals surface area contributed by atoms with Gasteiger partial charge in [-0.3, -0.25) is 9.48 Å². The summed E-state index contributed by atoms with van der Waals surface area (Å²) in [6.45, 7) is 2.71. The molecule has 0 radical (unpaired) electrons. The minimum Gasteiger partial charge on any atom is -0.355 e. The van der Waals surface area contributed by atoms with Gasteiger partial charge in [0.05, 0.1) is 5.69 Å². The van der Waals surface area contributed by atoms with Gasteiger partial charge in [-0.2, -0.15) is 5.10 Å². The SMILES string of the molecule is Cc1cc(C2CNC(=O)C2)n(C)n1. The highest BCUT2D eigenvalue weighted by Gasteiger charge is 2.25. The molecule has 0 saturated carbocycles. The van der Waals surface area contributed by atoms with Crippen molar-refractivity contribution in [2.75, 3.05) is 6.54 Å². The Kier molecular flexibility index (Phi) is 1.83. The van der Waals surface area contributed by atoms with Crippen LogP contribution in [0, 0.1) is 6.92 Å². The molecule has 4 heteroatoms. The van der Waals surface area contributed by atoms with Crippen LogP contribution in [0.4, 0.5) is 0 Å². The van der Waals surface area contributed by atoms with Crippen molar-refractivity contribution >= 4 is 5.91 Å². The second kappa shape index (κ2) is 2.87. The van der Waals surface area contributed by atoms with E-state index in [1.165, 1.54) is 0 Å². The number of carbonyl (C=O) groups excluding carboxylic acids is 1. The number of hydrogen-bond acceptors (Lipinski definition) is 2. The molecule has 1 fully saturated rings. The van der Waals surface area contributed by atoms with E-state index in [2.05, 4.69) is 10.4 Å². The topological polar surface area (TPSA) is 46.9 Å². The highest BCUT2D eigenvalue weighted by Crippen LogP contribution is 2.22. The fourth-order valence-electron chi connectivity index (χ4n) is 1.83. The van der Waals surface area contributed by atoms with Crippen LogP contribution in [-0.4, -0.2) is 22.2 Å². The summed E-state index contributed by atoms with van der Waals surface area (Å²) < 4.78 is 1.86. The van der Waals surface area contributed by atoms with Crippen LogP contribution in [0.15, 0.2) is 6.07 Å². The van der Waals surface area contributed by atoms with Gasteiger partial charge in [0.15, 0.2) is 0 Å². The quantitative estimate of drug-likeness (QED) is 0.675. The van der Waals surface area contributed by atoms with Gasteiger partial charge < -0.3 is 5.32 Å². The van der Waals surface area contributed by atoms with Crippen LogP contribution in [0.2, 0.25) is 0 Å². The van der Waals surface area contributed by atoms with Crippen LogP contribution < -0.4 is 5.32 Å². The highest BCUT2D eigenvalue weighted by atomic mass is 16.1. The predicted octanol–water partition coefficient (Wildman–Crippen LogP) is 0.332. The molecule has 1 unspecified atom stereocenters. The van der Waals surface area contributed by atoms with Crippen molar-refractivity contribution in [2.24, 2.45) is 7.05 Å². The Balaban J connectivity index is 2.25. The molecule has 1 aliphatic rings. The van der Waals surface area contributed by atoms with Crippen molar-refractivity contribution in [2.45, 2.75) is 19.3 Å². The zero-order valence-corrected chi connectivity index (χ0v) is 7.87. The first-order valence-corrected chi connectivity index (χ1v) is 4.44. The number of rotatable bonds is 1. The summed E-state index contributed by atoms with van der Waals surface area (Å²) >= 11 is 0. The molecule has 0 bridgehead atoms. The van der Waals surface area contributed by atoms with Crippen LogP contribution >= 0.6 is 0 Å². The van der Waals surface area contributed by atoms with Gasteiger partial charge in [0.2, 0.25) is 5.91 Å². The van der Waals surface area contributed by atoms with Crippen molar-refractivity contribution in [3.8, 4) is 0 Å². The lowest BCUT2D eigenvalue weighted by atomic mass is 10.0. The fraction of sp³-hybridized carbons (Fsp3) is 0.556. The monoisotopic (exact) mass is 179 g/mol. The van der Waals surface area contributed by atoms with Crippen LogP contribution in [0.25, 0.3) is 0 Å². The minimum atomic E-state index is 0.142. The number of amides is 1. The van der Waals surface area contributed by atoms with Crippen LogP contribution in [-0.2, 0) is 11.8 Å². The van der Waals surface area contributed by atoms with Crippen molar-refractivity contribution in [3.05, 3.63) is 17.5 Å². The van der Waals surface area contributed by atoms with Crippen LogP contribution in [0.1, 0.15) is 23.7 Å². The molecule has 13 heavy (non-hydrogen) atoms. The van der Waals surface area contributed by atoms with E-state index in [-0.39, 0.29) is 5.91 Å². The van der Waals surface area contributed by atoms with E-state index in [1.807, 2.05) is 24.7 Å². The largest absolute Gasteiger partial charge is 0.355 e. The first-order valence-electron chi connectivity index (χ1n) is 4.44. The van der Waals surface area contributed by atoms with Gasteiger partial charge in [-0.25, -0.2) is 0 Å². The van der Waals surface area contributed by atoms with Gasteiger partial charge >= 0.3 is 0 Å². The zero-order chi connectivity index (χ0) is 9.42. The third-order valence-corrected chi connectivity index (χ3v) is 2.43. The van der Waals surface area contributed by atoms with Gasteiger partial charge in [0.25, 0.3) is 0 Å². The van der Waals surface area contributed by atoms with Crippen molar-refractivity contribution < 1.29 is 4.79 Å². The molecule has 1 atom stereocenters. The normalized spacial score (nSPS) is 22.0. The van der Waals surface area contributed by atoms with Gasteiger partial charge in [0.1, 0.15) is 0 Å². The molecule has 1 aliphatic heterocycles. The maximum absolute atomic E-state index is 11.0. The molecule has 1 N–H and O–H groups in total. The smallest absolute Gasteiger partial charge is 0.220 e. The van der Waals surface area contributed by atoms with Crippen molar-refractivity contribution in [1.82, 2.24) is 15.1 Å². The van der Waals surface area contributed by atoms with E-state index in [4.69, 9.17) is 0 Å². The summed E-state index contributed by atoms with van der Waals surface area (Å²) in [5.74, 6) is 0.447. The van der Waals surface area contributed by atoms with Crippen molar-refractivity contribution in [3.63, 3.8) is 0 Å². The molecule has 2 rings (SSSR count). The van der Waals surface area contributed by atoms with Gasteiger partial charge in [-0.05, 0) is 13.0 Å². The zero-order valence-electron chi connectivity index (χ0n) is 7.87. The molecule has 0 aromatic carbocycles. The molecular formula is C9H13N3O. The average molecular weight is 179 g/mol. The lowest BCUT2D eigenvalue weighted by molar-refractivity contribution is -0.119. The molecule has 70 valence electrons. The molecular weight excluding hydrogens is 166 g/mol. The van der Waals surface area contributed by atoms with E-state index in [1.54, 1.807) is 0 Å². The van der Waals surface area contributed by atoms with Crippen molar-refractivity contribution in [1.29, 1.82) is 0 Å². The van der Waals surface area contributed by atoms with E-state index in [9.17, 15) is 4.79 Å². The third kappa shape index (κ3) is 1.43. The van der Waals surface area contributed by atoms with E-state index in [0.29, 0.717) is 12.3 Å². The number of aromatic nitrogens is 2. The Labute approximate surface area is 76.9 Å². The average Bonchev–Trinajstić information content (AvgIpc) is 2.58. The summed E-state index contributed by atoms with van der Waals surface area (Å²) in [5.41, 5.74) is 2.16. The summed E-state index contributed by atoms with van der Waals surface area (Å²) in [4.78, 5) is 11.0. The Morgan fingerprint density at radius 2 is 2.46 bits per heavy atom. The maximum Gasteiger partial charge on any atom is 0.220 e. The lowest BCUT2D eigenvalue weighted by Gasteiger charge is -2.06.